The highest BCUT2D eigenvalue weighted by Gasteiger charge is 2.27. The Bertz CT molecular complexity index is 883. The van der Waals surface area contributed by atoms with Gasteiger partial charge in [-0.25, -0.2) is 0 Å². The summed E-state index contributed by atoms with van der Waals surface area (Å²) in [6.07, 6.45) is 13.9. The maximum atomic E-state index is 12.0. The Balaban J connectivity index is 1.98. The first-order chi connectivity index (χ1) is 13.5. The lowest BCUT2D eigenvalue weighted by Crippen LogP contribution is -2.27. The van der Waals surface area contributed by atoms with Crippen LogP contribution in [-0.2, 0) is 4.79 Å². The smallest absolute Gasteiger partial charge is 0.290 e. The molecule has 0 radical (unpaired) electrons. The Kier molecular flexibility index (Phi) is 6.70. The second-order valence-corrected chi connectivity index (χ2v) is 8.24. The minimum Gasteiger partial charge on any atom is -0.328 e. The lowest BCUT2D eigenvalue weighted by atomic mass is 9.79. The van der Waals surface area contributed by atoms with Gasteiger partial charge in [-0.05, 0) is 72.2 Å². The number of imide groups is 1. The molecule has 3 rings (SSSR count). The Morgan fingerprint density at radius 1 is 1.29 bits per heavy atom. The molecule has 1 aromatic rings. The molecule has 3 N–H and O–H groups in total. The van der Waals surface area contributed by atoms with E-state index >= 15 is 0 Å². The van der Waals surface area contributed by atoms with Crippen LogP contribution in [0.2, 0.25) is 0 Å². The fourth-order valence-electron chi connectivity index (χ4n) is 3.71. The molecule has 1 aliphatic carbocycles. The first-order valence-electron chi connectivity index (χ1n) is 9.61. The minimum atomic E-state index is -0.330. The van der Waals surface area contributed by atoms with E-state index in [0.29, 0.717) is 10.8 Å². The van der Waals surface area contributed by atoms with Crippen LogP contribution < -0.4 is 11.1 Å². The van der Waals surface area contributed by atoms with Gasteiger partial charge in [0.25, 0.3) is 11.1 Å². The zero-order chi connectivity index (χ0) is 20.1. The molecular formula is C23H26N2O2S. The van der Waals surface area contributed by atoms with Gasteiger partial charge in [-0.15, -0.1) is 0 Å². The summed E-state index contributed by atoms with van der Waals surface area (Å²) in [6, 6.07) is 6.40. The molecule has 4 nitrogen and oxygen atoms in total. The molecule has 0 spiro atoms. The highest BCUT2D eigenvalue weighted by Crippen LogP contribution is 2.37. The quantitative estimate of drug-likeness (QED) is 0.536. The van der Waals surface area contributed by atoms with Crippen molar-refractivity contribution in [2.24, 2.45) is 5.73 Å². The fraction of sp³-hybridized carbons (Fsp3) is 0.304. The van der Waals surface area contributed by atoms with Crippen LogP contribution in [0.3, 0.4) is 0 Å². The lowest BCUT2D eigenvalue weighted by Gasteiger charge is -2.28. The van der Waals surface area contributed by atoms with Crippen LogP contribution in [0.1, 0.15) is 55.2 Å². The summed E-state index contributed by atoms with van der Waals surface area (Å²) in [4.78, 5) is 23.9. The summed E-state index contributed by atoms with van der Waals surface area (Å²) >= 11 is 0.949. The molecular weight excluding hydrogens is 368 g/mol. The molecule has 0 bridgehead atoms. The standard InChI is InChI=1S/C23H26N2O2S/c1-3-4-5-7-15(2)16-10-11-18(14-21-22(26)25-23(27)28-21)20(13-16)17-8-6-9-19(24)12-17/h3-5,7,10-11,13-14,17,19H,2,6,8-9,12,24H2,1H3,(H,25,26,27)/b4-3-,7-5-,21-14-/t17?,19-/m1/s1. The maximum absolute atomic E-state index is 12.0. The number of thioether (sulfide) groups is 1. The van der Waals surface area contributed by atoms with E-state index in [1.807, 2.05) is 49.4 Å². The normalized spacial score (nSPS) is 24.4. The molecule has 1 heterocycles. The third-order valence-electron chi connectivity index (χ3n) is 5.14. The molecule has 146 valence electrons. The number of nitrogens with two attached hydrogens (primary N) is 1. The molecule has 2 fully saturated rings. The Hall–Kier alpha value is -2.37. The predicted octanol–water partition coefficient (Wildman–Crippen LogP) is 5.14. The van der Waals surface area contributed by atoms with Gasteiger partial charge in [0.15, 0.2) is 0 Å². The monoisotopic (exact) mass is 394 g/mol. The van der Waals surface area contributed by atoms with E-state index in [9.17, 15) is 9.59 Å². The van der Waals surface area contributed by atoms with Gasteiger partial charge in [0, 0.05) is 6.04 Å². The van der Waals surface area contributed by atoms with Crippen molar-refractivity contribution in [3.63, 3.8) is 0 Å². The van der Waals surface area contributed by atoms with Crippen molar-refractivity contribution in [2.45, 2.75) is 44.6 Å². The molecule has 1 aromatic carbocycles. The van der Waals surface area contributed by atoms with E-state index < -0.39 is 0 Å². The molecule has 5 heteroatoms. The third kappa shape index (κ3) is 4.91. The van der Waals surface area contributed by atoms with E-state index in [2.05, 4.69) is 18.0 Å². The Morgan fingerprint density at radius 3 is 2.79 bits per heavy atom. The molecule has 2 aliphatic rings. The summed E-state index contributed by atoms with van der Waals surface area (Å²) in [5.41, 5.74) is 10.4. The number of hydrogen-bond acceptors (Lipinski definition) is 4. The first-order valence-corrected chi connectivity index (χ1v) is 10.4. The number of benzene rings is 1. The maximum Gasteiger partial charge on any atom is 0.290 e. The fourth-order valence-corrected chi connectivity index (χ4v) is 4.38. The zero-order valence-electron chi connectivity index (χ0n) is 16.1. The van der Waals surface area contributed by atoms with Crippen LogP contribution in [0.5, 0.6) is 0 Å². The molecule has 1 saturated heterocycles. The van der Waals surface area contributed by atoms with Crippen molar-refractivity contribution >= 4 is 34.6 Å². The highest BCUT2D eigenvalue weighted by atomic mass is 32.2. The van der Waals surface area contributed by atoms with Gasteiger partial charge in [-0.1, -0.05) is 55.5 Å². The number of carbonyl (C=O) groups excluding carboxylic acids is 2. The average Bonchev–Trinajstić information content (AvgIpc) is 2.99. The predicted molar refractivity (Wildman–Crippen MR) is 118 cm³/mol. The molecule has 2 atom stereocenters. The SMILES string of the molecule is C=C(/C=C\C=C/C)c1ccc(/C=C2\SC(=O)NC2=O)c(C2CCC[C@@H](N)C2)c1. The van der Waals surface area contributed by atoms with E-state index in [1.165, 1.54) is 5.56 Å². The van der Waals surface area contributed by atoms with Crippen LogP contribution in [-0.4, -0.2) is 17.2 Å². The van der Waals surface area contributed by atoms with Crippen LogP contribution in [0.4, 0.5) is 4.79 Å². The number of allylic oxidation sites excluding steroid dienone is 5. The molecule has 1 aliphatic heterocycles. The van der Waals surface area contributed by atoms with Crippen LogP contribution in [0.15, 0.2) is 54.0 Å². The molecule has 28 heavy (non-hydrogen) atoms. The van der Waals surface area contributed by atoms with Crippen molar-refractivity contribution in [2.75, 3.05) is 0 Å². The lowest BCUT2D eigenvalue weighted by molar-refractivity contribution is -0.115. The van der Waals surface area contributed by atoms with Crippen molar-refractivity contribution in [3.8, 4) is 0 Å². The zero-order valence-corrected chi connectivity index (χ0v) is 16.9. The molecule has 0 aromatic heterocycles. The van der Waals surface area contributed by atoms with E-state index in [-0.39, 0.29) is 17.2 Å². The first kappa shape index (κ1) is 20.4. The van der Waals surface area contributed by atoms with Crippen LogP contribution in [0, 0.1) is 0 Å². The number of amides is 2. The van der Waals surface area contributed by atoms with Gasteiger partial charge in [-0.2, -0.15) is 0 Å². The van der Waals surface area contributed by atoms with E-state index in [4.69, 9.17) is 5.73 Å². The van der Waals surface area contributed by atoms with Gasteiger partial charge in [0.1, 0.15) is 0 Å². The van der Waals surface area contributed by atoms with Gasteiger partial charge in [-0.3, -0.25) is 14.9 Å². The Labute approximate surface area is 170 Å². The van der Waals surface area contributed by atoms with Gasteiger partial charge in [0.05, 0.1) is 4.91 Å². The summed E-state index contributed by atoms with van der Waals surface area (Å²) < 4.78 is 0. The van der Waals surface area contributed by atoms with Crippen LogP contribution in [0.25, 0.3) is 11.6 Å². The summed E-state index contributed by atoms with van der Waals surface area (Å²) in [7, 11) is 0. The van der Waals surface area contributed by atoms with Crippen molar-refractivity contribution in [1.29, 1.82) is 0 Å². The van der Waals surface area contributed by atoms with Gasteiger partial charge >= 0.3 is 0 Å². The largest absolute Gasteiger partial charge is 0.328 e. The number of hydrogen-bond donors (Lipinski definition) is 2. The van der Waals surface area contributed by atoms with Crippen molar-refractivity contribution in [3.05, 3.63) is 70.7 Å². The van der Waals surface area contributed by atoms with E-state index in [1.54, 1.807) is 0 Å². The number of rotatable bonds is 5. The van der Waals surface area contributed by atoms with Gasteiger partial charge in [0.2, 0.25) is 0 Å². The van der Waals surface area contributed by atoms with Crippen molar-refractivity contribution < 1.29 is 9.59 Å². The molecule has 1 saturated carbocycles. The minimum absolute atomic E-state index is 0.200. The summed E-state index contributed by atoms with van der Waals surface area (Å²) in [5.74, 6) is 0.0112. The van der Waals surface area contributed by atoms with E-state index in [0.717, 1.165) is 54.1 Å². The van der Waals surface area contributed by atoms with Gasteiger partial charge < -0.3 is 5.73 Å². The summed E-state index contributed by atoms with van der Waals surface area (Å²) in [6.45, 7) is 6.15. The van der Waals surface area contributed by atoms with Crippen molar-refractivity contribution in [1.82, 2.24) is 5.32 Å². The second-order valence-electron chi connectivity index (χ2n) is 7.23. The summed E-state index contributed by atoms with van der Waals surface area (Å²) in [5, 5.41) is 2.00. The number of carbonyl (C=O) groups is 2. The second kappa shape index (κ2) is 9.22. The number of nitrogens with one attached hydrogen (secondary N) is 1. The Morgan fingerprint density at radius 2 is 2.11 bits per heavy atom. The molecule has 2 amide bonds. The highest BCUT2D eigenvalue weighted by molar-refractivity contribution is 8.18. The molecule has 1 unspecified atom stereocenters. The topological polar surface area (TPSA) is 72.2 Å². The third-order valence-corrected chi connectivity index (χ3v) is 5.95. The average molecular weight is 395 g/mol. The van der Waals surface area contributed by atoms with Crippen LogP contribution >= 0.6 is 11.8 Å².